The molecule has 0 bridgehead atoms. The van der Waals surface area contributed by atoms with Gasteiger partial charge in [-0.1, -0.05) is 6.07 Å². The van der Waals surface area contributed by atoms with Gasteiger partial charge in [-0.3, -0.25) is 0 Å². The zero-order chi connectivity index (χ0) is 18.1. The summed E-state index contributed by atoms with van der Waals surface area (Å²) in [4.78, 5) is 4.21. The Morgan fingerprint density at radius 1 is 1.17 bits per heavy atom. The molecule has 0 radical (unpaired) electrons. The number of piperidine rings is 1. The predicted octanol–water partition coefficient (Wildman–Crippen LogP) is 3.60. The number of anilines is 1. The van der Waals surface area contributed by atoms with Gasteiger partial charge in [0, 0.05) is 36.4 Å². The SMILES string of the molecule is CN(C)[C@@H]1CN(c2cccc(C(F)(F)F)c2)CC[C@H]1NC(C)(C)C. The summed E-state index contributed by atoms with van der Waals surface area (Å²) in [6.45, 7) is 7.87. The Morgan fingerprint density at radius 2 is 1.83 bits per heavy atom. The zero-order valence-electron chi connectivity index (χ0n) is 15.1. The van der Waals surface area contributed by atoms with Crippen LogP contribution in [0.15, 0.2) is 24.3 Å². The number of alkyl halides is 3. The second-order valence-corrected chi connectivity index (χ2v) is 7.81. The van der Waals surface area contributed by atoms with Gasteiger partial charge in [0.1, 0.15) is 0 Å². The molecular formula is C18H28F3N3. The topological polar surface area (TPSA) is 18.5 Å². The van der Waals surface area contributed by atoms with Crippen LogP contribution >= 0.6 is 0 Å². The lowest BCUT2D eigenvalue weighted by atomic mass is 9.94. The summed E-state index contributed by atoms with van der Waals surface area (Å²) in [5, 5.41) is 3.65. The maximum atomic E-state index is 13.0. The first-order valence-corrected chi connectivity index (χ1v) is 8.34. The van der Waals surface area contributed by atoms with E-state index in [0.717, 1.165) is 19.0 Å². The molecule has 0 aromatic heterocycles. The van der Waals surface area contributed by atoms with E-state index in [0.29, 0.717) is 18.3 Å². The fraction of sp³-hybridized carbons (Fsp3) is 0.667. The third-order valence-electron chi connectivity index (χ3n) is 4.40. The minimum Gasteiger partial charge on any atom is -0.370 e. The van der Waals surface area contributed by atoms with E-state index in [-0.39, 0.29) is 11.6 Å². The molecule has 1 aliphatic rings. The molecule has 0 spiro atoms. The van der Waals surface area contributed by atoms with Crippen LogP contribution in [0.25, 0.3) is 0 Å². The van der Waals surface area contributed by atoms with Crippen LogP contribution in [0.4, 0.5) is 18.9 Å². The lowest BCUT2D eigenvalue weighted by Gasteiger charge is -2.45. The first-order valence-electron chi connectivity index (χ1n) is 8.34. The lowest BCUT2D eigenvalue weighted by molar-refractivity contribution is -0.137. The fourth-order valence-electron chi connectivity index (χ4n) is 3.29. The van der Waals surface area contributed by atoms with E-state index in [1.165, 1.54) is 12.1 Å². The largest absolute Gasteiger partial charge is 0.416 e. The maximum Gasteiger partial charge on any atom is 0.416 e. The monoisotopic (exact) mass is 343 g/mol. The number of nitrogens with zero attached hydrogens (tertiary/aromatic N) is 2. The van der Waals surface area contributed by atoms with E-state index in [1.807, 2.05) is 14.1 Å². The molecule has 0 unspecified atom stereocenters. The molecule has 24 heavy (non-hydrogen) atoms. The van der Waals surface area contributed by atoms with Crippen molar-refractivity contribution in [1.29, 1.82) is 0 Å². The Bertz CT molecular complexity index is 549. The van der Waals surface area contributed by atoms with E-state index < -0.39 is 11.7 Å². The van der Waals surface area contributed by atoms with Crippen LogP contribution < -0.4 is 10.2 Å². The molecule has 2 atom stereocenters. The highest BCUT2D eigenvalue weighted by molar-refractivity contribution is 5.50. The average molecular weight is 343 g/mol. The van der Waals surface area contributed by atoms with E-state index in [2.05, 4.69) is 35.9 Å². The number of benzene rings is 1. The summed E-state index contributed by atoms with van der Waals surface area (Å²) < 4.78 is 38.9. The van der Waals surface area contributed by atoms with Gasteiger partial charge in [0.15, 0.2) is 0 Å². The highest BCUT2D eigenvalue weighted by Crippen LogP contribution is 2.32. The van der Waals surface area contributed by atoms with Crippen molar-refractivity contribution in [2.45, 2.75) is 51.0 Å². The Kier molecular flexibility index (Phi) is 5.50. The zero-order valence-corrected chi connectivity index (χ0v) is 15.1. The molecule has 136 valence electrons. The van der Waals surface area contributed by atoms with Crippen molar-refractivity contribution in [2.24, 2.45) is 0 Å². The normalized spacial score (nSPS) is 23.0. The number of likely N-dealkylation sites (N-methyl/N-ethyl adjacent to an activating group) is 1. The third-order valence-corrected chi connectivity index (χ3v) is 4.40. The summed E-state index contributed by atoms with van der Waals surface area (Å²) in [5.41, 5.74) is 0.0688. The molecule has 6 heteroatoms. The van der Waals surface area contributed by atoms with Gasteiger partial charge >= 0.3 is 6.18 Å². The van der Waals surface area contributed by atoms with Crippen LogP contribution in [0.3, 0.4) is 0 Å². The minimum absolute atomic E-state index is 0.0112. The molecular weight excluding hydrogens is 315 g/mol. The molecule has 2 rings (SSSR count). The third kappa shape index (κ3) is 4.86. The quantitative estimate of drug-likeness (QED) is 0.905. The smallest absolute Gasteiger partial charge is 0.370 e. The molecule has 1 N–H and O–H groups in total. The van der Waals surface area contributed by atoms with Crippen molar-refractivity contribution >= 4 is 5.69 Å². The van der Waals surface area contributed by atoms with E-state index >= 15 is 0 Å². The van der Waals surface area contributed by atoms with Crippen LogP contribution in [0.5, 0.6) is 0 Å². The van der Waals surface area contributed by atoms with Crippen LogP contribution in [0, 0.1) is 0 Å². The van der Waals surface area contributed by atoms with Crippen molar-refractivity contribution in [1.82, 2.24) is 10.2 Å². The fourth-order valence-corrected chi connectivity index (χ4v) is 3.29. The number of rotatable bonds is 3. The molecule has 1 saturated heterocycles. The summed E-state index contributed by atoms with van der Waals surface area (Å²) in [6, 6.07) is 6.20. The number of halogens is 3. The minimum atomic E-state index is -4.30. The van der Waals surface area contributed by atoms with Crippen molar-refractivity contribution in [2.75, 3.05) is 32.1 Å². The molecule has 1 aromatic carbocycles. The van der Waals surface area contributed by atoms with E-state index in [1.54, 1.807) is 6.07 Å². The Hall–Kier alpha value is -1.27. The standard InChI is InChI=1S/C18H28F3N3/c1-17(2,3)22-15-9-10-24(12-16(15)23(4)5)14-8-6-7-13(11-14)18(19,20)21/h6-8,11,15-16,22H,9-10,12H2,1-5H3/t15-,16-/m1/s1. The second-order valence-electron chi connectivity index (χ2n) is 7.81. The summed E-state index contributed by atoms with van der Waals surface area (Å²) >= 11 is 0. The number of hydrogen-bond donors (Lipinski definition) is 1. The van der Waals surface area contributed by atoms with Crippen molar-refractivity contribution in [3.8, 4) is 0 Å². The van der Waals surface area contributed by atoms with Crippen LogP contribution in [-0.2, 0) is 6.18 Å². The first kappa shape index (κ1) is 19.1. The van der Waals surface area contributed by atoms with Crippen LogP contribution in [0.1, 0.15) is 32.8 Å². The van der Waals surface area contributed by atoms with Crippen molar-refractivity contribution < 1.29 is 13.2 Å². The summed E-state index contributed by atoms with van der Waals surface area (Å²) in [6.07, 6.45) is -3.40. The second kappa shape index (κ2) is 6.92. The molecule has 3 nitrogen and oxygen atoms in total. The molecule has 1 aromatic rings. The highest BCUT2D eigenvalue weighted by Gasteiger charge is 2.34. The van der Waals surface area contributed by atoms with Gasteiger partial charge in [0.05, 0.1) is 5.56 Å². The number of hydrogen-bond acceptors (Lipinski definition) is 3. The van der Waals surface area contributed by atoms with Gasteiger partial charge in [-0.05, 0) is 59.5 Å². The average Bonchev–Trinajstić information content (AvgIpc) is 2.45. The maximum absolute atomic E-state index is 13.0. The van der Waals surface area contributed by atoms with Gasteiger partial charge in [-0.2, -0.15) is 13.2 Å². The Morgan fingerprint density at radius 3 is 2.38 bits per heavy atom. The summed E-state index contributed by atoms with van der Waals surface area (Å²) in [5.74, 6) is 0. The molecule has 1 fully saturated rings. The predicted molar refractivity (Wildman–Crippen MR) is 92.4 cm³/mol. The Balaban J connectivity index is 2.17. The Labute approximate surface area is 142 Å². The first-order chi connectivity index (χ1) is 11.0. The van der Waals surface area contributed by atoms with E-state index in [4.69, 9.17) is 0 Å². The van der Waals surface area contributed by atoms with Crippen molar-refractivity contribution in [3.05, 3.63) is 29.8 Å². The number of nitrogens with one attached hydrogen (secondary N) is 1. The van der Waals surface area contributed by atoms with Gasteiger partial charge in [-0.15, -0.1) is 0 Å². The molecule has 1 heterocycles. The molecule has 1 aliphatic heterocycles. The van der Waals surface area contributed by atoms with Gasteiger partial charge < -0.3 is 15.1 Å². The summed E-state index contributed by atoms with van der Waals surface area (Å²) in [7, 11) is 4.05. The highest BCUT2D eigenvalue weighted by atomic mass is 19.4. The van der Waals surface area contributed by atoms with Gasteiger partial charge in [0.25, 0.3) is 0 Å². The molecule has 0 aliphatic carbocycles. The van der Waals surface area contributed by atoms with Gasteiger partial charge in [0.2, 0.25) is 0 Å². The van der Waals surface area contributed by atoms with E-state index in [9.17, 15) is 13.2 Å². The van der Waals surface area contributed by atoms with Gasteiger partial charge in [-0.25, -0.2) is 0 Å². The van der Waals surface area contributed by atoms with Crippen LogP contribution in [-0.4, -0.2) is 49.7 Å². The molecule has 0 amide bonds. The van der Waals surface area contributed by atoms with Crippen LogP contribution in [0.2, 0.25) is 0 Å². The molecule has 0 saturated carbocycles. The lowest BCUT2D eigenvalue weighted by Crippen LogP contribution is -2.61. The van der Waals surface area contributed by atoms with Crippen molar-refractivity contribution in [3.63, 3.8) is 0 Å².